The zero-order valence-corrected chi connectivity index (χ0v) is 14.3. The number of rotatable bonds is 2. The van der Waals surface area contributed by atoms with E-state index in [1.54, 1.807) is 6.26 Å². The van der Waals surface area contributed by atoms with Crippen LogP contribution in [0.5, 0.6) is 0 Å². The molecule has 1 aliphatic heterocycles. The minimum atomic E-state index is -0.0229. The molecule has 2 nitrogen and oxygen atoms in total. The summed E-state index contributed by atoms with van der Waals surface area (Å²) in [5, 5.41) is 0. The summed E-state index contributed by atoms with van der Waals surface area (Å²) in [6.45, 7) is 9.72. The van der Waals surface area contributed by atoms with Gasteiger partial charge in [0.2, 0.25) is 0 Å². The van der Waals surface area contributed by atoms with Gasteiger partial charge in [0.1, 0.15) is 5.60 Å². The van der Waals surface area contributed by atoms with E-state index >= 15 is 0 Å². The third kappa shape index (κ3) is 1.76. The van der Waals surface area contributed by atoms with Gasteiger partial charge in [-0.2, -0.15) is 0 Å². The molecule has 0 aromatic carbocycles. The first-order chi connectivity index (χ1) is 10.4. The Labute approximate surface area is 133 Å². The third-order valence-corrected chi connectivity index (χ3v) is 7.05. The number of allylic oxidation sites excluding steroid dienone is 1. The SMILES string of the molecule is CC1=CC[C@H]2C(C)(C)CCC[C@]2(C)[C@]12O[C@H]2Cc1ccoc1. The quantitative estimate of drug-likeness (QED) is 0.558. The molecule has 3 aliphatic rings. The number of epoxide rings is 1. The topological polar surface area (TPSA) is 25.7 Å². The van der Waals surface area contributed by atoms with Crippen LogP contribution in [-0.2, 0) is 11.2 Å². The first kappa shape index (κ1) is 14.6. The van der Waals surface area contributed by atoms with Gasteiger partial charge < -0.3 is 9.15 Å². The molecule has 120 valence electrons. The lowest BCUT2D eigenvalue weighted by Crippen LogP contribution is -2.54. The van der Waals surface area contributed by atoms with Crippen LogP contribution in [0.15, 0.2) is 34.7 Å². The van der Waals surface area contributed by atoms with Gasteiger partial charge in [-0.05, 0) is 54.7 Å². The van der Waals surface area contributed by atoms with Crippen molar-refractivity contribution in [3.63, 3.8) is 0 Å². The lowest BCUT2D eigenvalue weighted by Gasteiger charge is -2.56. The summed E-state index contributed by atoms with van der Waals surface area (Å²) >= 11 is 0. The highest BCUT2D eigenvalue weighted by Gasteiger charge is 2.72. The number of furan rings is 1. The van der Waals surface area contributed by atoms with Crippen LogP contribution in [0.2, 0.25) is 0 Å². The highest BCUT2D eigenvalue weighted by atomic mass is 16.6. The van der Waals surface area contributed by atoms with Crippen molar-refractivity contribution in [1.29, 1.82) is 0 Å². The largest absolute Gasteiger partial charge is 0.472 e. The minimum Gasteiger partial charge on any atom is -0.472 e. The molecular weight excluding hydrogens is 272 g/mol. The molecule has 0 bridgehead atoms. The van der Waals surface area contributed by atoms with E-state index in [9.17, 15) is 0 Å². The Hall–Kier alpha value is -1.02. The maximum Gasteiger partial charge on any atom is 0.121 e. The van der Waals surface area contributed by atoms with Gasteiger partial charge in [0, 0.05) is 11.8 Å². The number of hydrogen-bond acceptors (Lipinski definition) is 2. The molecule has 22 heavy (non-hydrogen) atoms. The average Bonchev–Trinajstić information content (AvgIpc) is 2.91. The zero-order chi connectivity index (χ0) is 15.6. The normalized spacial score (nSPS) is 42.8. The fourth-order valence-electron chi connectivity index (χ4n) is 5.89. The van der Waals surface area contributed by atoms with E-state index in [-0.39, 0.29) is 11.0 Å². The molecule has 2 fully saturated rings. The van der Waals surface area contributed by atoms with E-state index in [1.807, 2.05) is 6.26 Å². The Morgan fingerprint density at radius 3 is 2.77 bits per heavy atom. The number of fused-ring (bicyclic) bond motifs is 2. The predicted octanol–water partition coefficient (Wildman–Crippen LogP) is 5.14. The lowest BCUT2D eigenvalue weighted by molar-refractivity contribution is -0.0501. The van der Waals surface area contributed by atoms with Crippen LogP contribution in [-0.4, -0.2) is 11.7 Å². The lowest BCUT2D eigenvalue weighted by atomic mass is 9.47. The Bertz CT molecular complexity index is 597. The van der Waals surface area contributed by atoms with Gasteiger partial charge in [0.05, 0.1) is 18.6 Å². The van der Waals surface area contributed by atoms with Crippen LogP contribution in [0.3, 0.4) is 0 Å². The molecule has 1 saturated carbocycles. The standard InChI is InChI=1S/C20H28O2/c1-14-6-7-16-18(2,3)9-5-10-19(16,4)20(14)17(22-20)12-15-8-11-21-13-15/h6,8,11,13,16-17H,5,7,9-10,12H2,1-4H3/t16-,17-,19-,20-/m0/s1. The molecule has 1 saturated heterocycles. The molecule has 2 heteroatoms. The van der Waals surface area contributed by atoms with Crippen molar-refractivity contribution in [3.8, 4) is 0 Å². The Balaban J connectivity index is 1.69. The van der Waals surface area contributed by atoms with Crippen LogP contribution in [0.1, 0.15) is 58.9 Å². The molecule has 0 N–H and O–H groups in total. The Kier molecular flexibility index (Phi) is 2.98. The molecule has 1 spiro atoms. The molecule has 4 atom stereocenters. The molecule has 2 aliphatic carbocycles. The van der Waals surface area contributed by atoms with Gasteiger partial charge in [-0.3, -0.25) is 0 Å². The summed E-state index contributed by atoms with van der Waals surface area (Å²) in [6, 6.07) is 2.07. The van der Waals surface area contributed by atoms with E-state index in [4.69, 9.17) is 9.15 Å². The van der Waals surface area contributed by atoms with Crippen molar-refractivity contribution in [2.24, 2.45) is 16.7 Å². The Morgan fingerprint density at radius 2 is 2.05 bits per heavy atom. The summed E-state index contributed by atoms with van der Waals surface area (Å²) in [4.78, 5) is 0. The first-order valence-electron chi connectivity index (χ1n) is 8.76. The van der Waals surface area contributed by atoms with E-state index < -0.39 is 0 Å². The molecule has 0 unspecified atom stereocenters. The molecule has 0 amide bonds. The minimum absolute atomic E-state index is 0.0229. The second-order valence-corrected chi connectivity index (χ2v) is 8.61. The summed E-state index contributed by atoms with van der Waals surface area (Å²) in [6.07, 6.45) is 12.6. The van der Waals surface area contributed by atoms with Crippen LogP contribution in [0.4, 0.5) is 0 Å². The van der Waals surface area contributed by atoms with E-state index in [1.165, 1.54) is 36.8 Å². The fourth-order valence-corrected chi connectivity index (χ4v) is 5.89. The van der Waals surface area contributed by atoms with Gasteiger partial charge in [-0.15, -0.1) is 0 Å². The molecule has 2 heterocycles. The van der Waals surface area contributed by atoms with Crippen LogP contribution >= 0.6 is 0 Å². The highest BCUT2D eigenvalue weighted by Crippen LogP contribution is 2.69. The molecular formula is C20H28O2. The average molecular weight is 300 g/mol. The van der Waals surface area contributed by atoms with Crippen molar-refractivity contribution in [1.82, 2.24) is 0 Å². The number of hydrogen-bond donors (Lipinski definition) is 0. The van der Waals surface area contributed by atoms with Crippen LogP contribution < -0.4 is 0 Å². The first-order valence-corrected chi connectivity index (χ1v) is 8.76. The maximum absolute atomic E-state index is 6.49. The monoisotopic (exact) mass is 300 g/mol. The highest BCUT2D eigenvalue weighted by molar-refractivity contribution is 5.37. The smallest absolute Gasteiger partial charge is 0.121 e. The third-order valence-electron chi connectivity index (χ3n) is 7.05. The van der Waals surface area contributed by atoms with E-state index in [2.05, 4.69) is 39.8 Å². The summed E-state index contributed by atoms with van der Waals surface area (Å²) in [5.74, 6) is 0.729. The molecule has 4 rings (SSSR count). The molecule has 0 radical (unpaired) electrons. The van der Waals surface area contributed by atoms with Gasteiger partial charge >= 0.3 is 0 Å². The van der Waals surface area contributed by atoms with Gasteiger partial charge in [0.15, 0.2) is 0 Å². The zero-order valence-electron chi connectivity index (χ0n) is 14.3. The second kappa shape index (κ2) is 4.50. The maximum atomic E-state index is 6.49. The van der Waals surface area contributed by atoms with Crippen molar-refractivity contribution in [3.05, 3.63) is 35.8 Å². The van der Waals surface area contributed by atoms with Crippen molar-refractivity contribution in [2.45, 2.75) is 71.5 Å². The van der Waals surface area contributed by atoms with Crippen molar-refractivity contribution in [2.75, 3.05) is 0 Å². The van der Waals surface area contributed by atoms with Crippen molar-refractivity contribution < 1.29 is 9.15 Å². The van der Waals surface area contributed by atoms with Gasteiger partial charge in [-0.1, -0.05) is 33.3 Å². The van der Waals surface area contributed by atoms with E-state index in [0.717, 1.165) is 12.3 Å². The van der Waals surface area contributed by atoms with Gasteiger partial charge in [-0.25, -0.2) is 0 Å². The predicted molar refractivity (Wildman–Crippen MR) is 87.6 cm³/mol. The molecule has 1 aromatic rings. The summed E-state index contributed by atoms with van der Waals surface area (Å²) in [7, 11) is 0. The second-order valence-electron chi connectivity index (χ2n) is 8.61. The Morgan fingerprint density at radius 1 is 1.23 bits per heavy atom. The van der Waals surface area contributed by atoms with E-state index in [0.29, 0.717) is 11.5 Å². The molecule has 1 aromatic heterocycles. The van der Waals surface area contributed by atoms with Gasteiger partial charge in [0.25, 0.3) is 0 Å². The number of ether oxygens (including phenoxy) is 1. The summed E-state index contributed by atoms with van der Waals surface area (Å²) in [5.41, 5.74) is 3.41. The summed E-state index contributed by atoms with van der Waals surface area (Å²) < 4.78 is 11.7. The van der Waals surface area contributed by atoms with Crippen LogP contribution in [0, 0.1) is 16.7 Å². The fraction of sp³-hybridized carbons (Fsp3) is 0.700. The van der Waals surface area contributed by atoms with Crippen molar-refractivity contribution >= 4 is 0 Å². The van der Waals surface area contributed by atoms with Crippen LogP contribution in [0.25, 0.3) is 0 Å².